The molecule has 3 rings (SSSR count). The molecule has 2 aromatic rings. The third kappa shape index (κ3) is 6.12. The Bertz CT molecular complexity index is 1190. The van der Waals surface area contributed by atoms with Gasteiger partial charge in [-0.25, -0.2) is 18.4 Å². The molecule has 0 unspecified atom stereocenters. The van der Waals surface area contributed by atoms with Crippen molar-refractivity contribution in [3.63, 3.8) is 0 Å². The Kier molecular flexibility index (Phi) is 8.29. The highest BCUT2D eigenvalue weighted by molar-refractivity contribution is 8.14. The number of nitrogens with zero attached hydrogens (tertiary/aromatic N) is 1. The molecule has 1 aromatic heterocycles. The number of aliphatic carboxylic acids is 1. The van der Waals surface area contributed by atoms with Gasteiger partial charge in [0.1, 0.15) is 16.7 Å². The van der Waals surface area contributed by atoms with E-state index in [2.05, 4.69) is 5.32 Å². The average Bonchev–Trinajstić information content (AvgIpc) is 3.46. The molecule has 0 bridgehead atoms. The van der Waals surface area contributed by atoms with Gasteiger partial charge in [0, 0.05) is 23.9 Å². The molecule has 0 spiro atoms. The number of likely N-dealkylation sites (tertiary alicyclic amines) is 1. The Morgan fingerprint density at radius 2 is 2.12 bits per heavy atom. The molecule has 13 heteroatoms. The fourth-order valence-corrected chi connectivity index (χ4v) is 5.57. The maximum absolute atomic E-state index is 13.0. The van der Waals surface area contributed by atoms with E-state index in [1.54, 1.807) is 19.1 Å². The second-order valence-electron chi connectivity index (χ2n) is 7.83. The van der Waals surface area contributed by atoms with Crippen LogP contribution in [0.3, 0.4) is 0 Å². The number of anilines is 1. The van der Waals surface area contributed by atoms with Crippen LogP contribution in [0.15, 0.2) is 39.8 Å². The lowest BCUT2D eigenvalue weighted by Gasteiger charge is -2.24. The van der Waals surface area contributed by atoms with Gasteiger partial charge in [-0.2, -0.15) is 0 Å². The number of carboxylic acids is 1. The number of amides is 1. The Balaban J connectivity index is 1.77. The maximum atomic E-state index is 13.0. The predicted molar refractivity (Wildman–Crippen MR) is 127 cm³/mol. The van der Waals surface area contributed by atoms with E-state index in [0.29, 0.717) is 25.1 Å². The minimum absolute atomic E-state index is 0.0224. The van der Waals surface area contributed by atoms with Crippen LogP contribution in [0.5, 0.6) is 0 Å². The van der Waals surface area contributed by atoms with Gasteiger partial charge in [0.2, 0.25) is 21.0 Å². The number of hydrogen-bond acceptors (Lipinski definition) is 8. The molecule has 1 aliphatic heterocycles. The molecule has 184 valence electrons. The summed E-state index contributed by atoms with van der Waals surface area (Å²) in [5.74, 6) is -1.37. The number of halogens is 1. The largest absolute Gasteiger partial charge is 0.480 e. The SMILES string of the molecule is C[C@H](CSC(=O)c1cc(S(N)(=O)=O)c(Cl)cc1NCc1ccco1)C(=O)N1CCC[C@H]1C(=O)O. The van der Waals surface area contributed by atoms with Gasteiger partial charge in [0.05, 0.1) is 23.4 Å². The number of carbonyl (C=O) groups excluding carboxylic acids is 2. The number of benzene rings is 1. The topological polar surface area (TPSA) is 160 Å². The summed E-state index contributed by atoms with van der Waals surface area (Å²) in [6.07, 6.45) is 2.49. The van der Waals surface area contributed by atoms with Gasteiger partial charge in [0.15, 0.2) is 0 Å². The minimum atomic E-state index is -4.19. The Labute approximate surface area is 205 Å². The van der Waals surface area contributed by atoms with Crippen molar-refractivity contribution in [1.29, 1.82) is 0 Å². The smallest absolute Gasteiger partial charge is 0.326 e. The van der Waals surface area contributed by atoms with Crippen LogP contribution in [-0.4, -0.2) is 53.8 Å². The number of carbonyl (C=O) groups is 3. The van der Waals surface area contributed by atoms with E-state index in [-0.39, 0.29) is 34.5 Å². The van der Waals surface area contributed by atoms with Gasteiger partial charge < -0.3 is 19.7 Å². The van der Waals surface area contributed by atoms with Gasteiger partial charge in [-0.15, -0.1) is 0 Å². The number of furan rings is 1. The van der Waals surface area contributed by atoms with Crippen molar-refractivity contribution in [2.75, 3.05) is 17.6 Å². The summed E-state index contributed by atoms with van der Waals surface area (Å²) >= 11 is 6.91. The summed E-state index contributed by atoms with van der Waals surface area (Å²) in [4.78, 5) is 38.1. The zero-order valence-corrected chi connectivity index (χ0v) is 20.6. The van der Waals surface area contributed by atoms with E-state index in [4.69, 9.17) is 21.2 Å². The van der Waals surface area contributed by atoms with Gasteiger partial charge in [-0.3, -0.25) is 9.59 Å². The van der Waals surface area contributed by atoms with Gasteiger partial charge in [0.25, 0.3) is 0 Å². The molecule has 34 heavy (non-hydrogen) atoms. The van der Waals surface area contributed by atoms with E-state index in [9.17, 15) is 27.9 Å². The maximum Gasteiger partial charge on any atom is 0.326 e. The normalized spacial score (nSPS) is 16.9. The summed E-state index contributed by atoms with van der Waals surface area (Å²) in [7, 11) is -4.19. The fourth-order valence-electron chi connectivity index (χ4n) is 3.60. The highest BCUT2D eigenvalue weighted by Gasteiger charge is 2.36. The quantitative estimate of drug-likeness (QED) is 0.443. The minimum Gasteiger partial charge on any atom is -0.480 e. The number of carboxylic acid groups (broad SMARTS) is 1. The summed E-state index contributed by atoms with van der Waals surface area (Å²) in [5.41, 5.74) is 0.296. The molecule has 2 heterocycles. The molecule has 2 atom stereocenters. The number of rotatable bonds is 9. The lowest BCUT2D eigenvalue weighted by Crippen LogP contribution is -2.43. The third-order valence-corrected chi connectivity index (χ3v) is 7.86. The van der Waals surface area contributed by atoms with Crippen molar-refractivity contribution in [3.8, 4) is 0 Å². The predicted octanol–water partition coefficient (Wildman–Crippen LogP) is 2.78. The van der Waals surface area contributed by atoms with Crippen molar-refractivity contribution in [2.24, 2.45) is 11.1 Å². The van der Waals surface area contributed by atoms with E-state index in [0.717, 1.165) is 17.8 Å². The number of nitrogens with one attached hydrogen (secondary N) is 1. The molecule has 1 aliphatic rings. The lowest BCUT2D eigenvalue weighted by atomic mass is 10.1. The molecule has 1 aromatic carbocycles. The molecule has 4 N–H and O–H groups in total. The van der Waals surface area contributed by atoms with E-state index in [1.165, 1.54) is 17.2 Å². The van der Waals surface area contributed by atoms with Crippen molar-refractivity contribution in [2.45, 2.75) is 37.2 Å². The number of hydrogen-bond donors (Lipinski definition) is 3. The van der Waals surface area contributed by atoms with E-state index < -0.39 is 38.0 Å². The highest BCUT2D eigenvalue weighted by Crippen LogP contribution is 2.32. The van der Waals surface area contributed by atoms with Crippen LogP contribution in [0.1, 0.15) is 35.9 Å². The molecule has 0 aliphatic carbocycles. The van der Waals surface area contributed by atoms with Gasteiger partial charge in [-0.05, 0) is 37.1 Å². The Hall–Kier alpha value is -2.54. The number of thioether (sulfide) groups is 1. The van der Waals surface area contributed by atoms with Crippen LogP contribution in [0, 0.1) is 5.92 Å². The van der Waals surface area contributed by atoms with Crippen LogP contribution < -0.4 is 10.5 Å². The lowest BCUT2D eigenvalue weighted by molar-refractivity contribution is -0.149. The molecule has 1 amide bonds. The second-order valence-corrected chi connectivity index (χ2v) is 10.8. The molecule has 10 nitrogen and oxygen atoms in total. The summed E-state index contributed by atoms with van der Waals surface area (Å²) in [6, 6.07) is 4.96. The van der Waals surface area contributed by atoms with E-state index >= 15 is 0 Å². The number of primary sulfonamides is 1. The third-order valence-electron chi connectivity index (χ3n) is 5.34. The van der Waals surface area contributed by atoms with Crippen molar-refractivity contribution >= 4 is 56.1 Å². The summed E-state index contributed by atoms with van der Waals surface area (Å²) in [6.45, 7) is 2.19. The van der Waals surface area contributed by atoms with E-state index in [1.807, 2.05) is 0 Å². The number of nitrogens with two attached hydrogens (primary N) is 1. The van der Waals surface area contributed by atoms with Crippen LogP contribution in [0.4, 0.5) is 5.69 Å². The van der Waals surface area contributed by atoms with Gasteiger partial charge >= 0.3 is 5.97 Å². The van der Waals surface area contributed by atoms with Crippen molar-refractivity contribution in [3.05, 3.63) is 46.9 Å². The number of sulfonamides is 1. The molecule has 1 saturated heterocycles. The summed E-state index contributed by atoms with van der Waals surface area (Å²) < 4.78 is 29.1. The molecule has 0 saturated carbocycles. The van der Waals surface area contributed by atoms with Crippen molar-refractivity contribution in [1.82, 2.24) is 4.90 Å². The van der Waals surface area contributed by atoms with Crippen LogP contribution in [0.25, 0.3) is 0 Å². The first-order valence-corrected chi connectivity index (χ1v) is 13.2. The molecular weight excluding hydrogens is 506 g/mol. The Morgan fingerprint density at radius 1 is 1.38 bits per heavy atom. The molecule has 1 fully saturated rings. The second kappa shape index (κ2) is 10.8. The average molecular weight is 530 g/mol. The standard InChI is InChI=1S/C21H24ClN3O7S2/c1-12(19(26)25-6-2-5-17(25)20(27)28)11-33-21(29)14-8-18(34(23,30)31)15(22)9-16(14)24-10-13-4-3-7-32-13/h3-4,7-9,12,17,24H,2,5-6,10-11H2,1H3,(H,27,28)(H2,23,30,31)/t12-,17+/m1/s1. The Morgan fingerprint density at radius 3 is 2.74 bits per heavy atom. The first-order chi connectivity index (χ1) is 16.0. The van der Waals surface area contributed by atoms with Crippen LogP contribution in [0.2, 0.25) is 5.02 Å². The first-order valence-electron chi connectivity index (χ1n) is 10.3. The molecular formula is C21H24ClN3O7S2. The van der Waals surface area contributed by atoms with Crippen LogP contribution in [-0.2, 0) is 26.2 Å². The highest BCUT2D eigenvalue weighted by atomic mass is 35.5. The first kappa shape index (κ1) is 26.1. The zero-order valence-electron chi connectivity index (χ0n) is 18.2. The zero-order chi connectivity index (χ0) is 25.0. The van der Waals surface area contributed by atoms with Crippen molar-refractivity contribution < 1.29 is 32.3 Å². The monoisotopic (exact) mass is 529 g/mol. The fraction of sp³-hybridized carbons (Fsp3) is 0.381. The summed E-state index contributed by atoms with van der Waals surface area (Å²) in [5, 5.41) is 16.9. The molecule has 0 radical (unpaired) electrons. The van der Waals surface area contributed by atoms with Crippen LogP contribution >= 0.6 is 23.4 Å². The van der Waals surface area contributed by atoms with Gasteiger partial charge in [-0.1, -0.05) is 30.3 Å².